The number of esters is 1. The van der Waals surface area contributed by atoms with Crippen LogP contribution in [0, 0.1) is 0 Å². The lowest BCUT2D eigenvalue weighted by atomic mass is 10.1. The van der Waals surface area contributed by atoms with Gasteiger partial charge in [0.15, 0.2) is 34.5 Å². The van der Waals surface area contributed by atoms with Gasteiger partial charge < -0.3 is 38.5 Å². The molecule has 228 valence electrons. The van der Waals surface area contributed by atoms with E-state index in [0.29, 0.717) is 34.3 Å². The van der Waals surface area contributed by atoms with E-state index in [9.17, 15) is 14.4 Å². The Morgan fingerprint density at radius 2 is 1.26 bits per heavy atom. The lowest BCUT2D eigenvalue weighted by molar-refractivity contribution is -0.120. The molecule has 0 aliphatic heterocycles. The number of rotatable bonds is 14. The number of carbonyl (C=O) groups excluding carboxylic acids is 3. The van der Waals surface area contributed by atoms with Gasteiger partial charge in [0, 0.05) is 18.5 Å². The highest BCUT2D eigenvalue weighted by Crippen LogP contribution is 2.38. The Hall–Kier alpha value is -5.46. The quantitative estimate of drug-likeness (QED) is 0.123. The van der Waals surface area contributed by atoms with Crippen molar-refractivity contribution in [1.82, 2.24) is 10.7 Å². The monoisotopic (exact) mass is 595 g/mol. The molecular formula is C30H33N3O10. The minimum Gasteiger partial charge on any atom is -0.493 e. The van der Waals surface area contributed by atoms with Crippen LogP contribution in [0.3, 0.4) is 0 Å². The molecule has 0 aliphatic carbocycles. The van der Waals surface area contributed by atoms with Crippen LogP contribution in [-0.2, 0) is 4.79 Å². The van der Waals surface area contributed by atoms with E-state index in [1.807, 2.05) is 0 Å². The molecule has 0 spiro atoms. The summed E-state index contributed by atoms with van der Waals surface area (Å²) in [5.74, 6) is 0.895. The summed E-state index contributed by atoms with van der Waals surface area (Å²) < 4.78 is 37.0. The molecule has 0 fully saturated rings. The molecule has 0 bridgehead atoms. The Morgan fingerprint density at radius 1 is 0.674 bits per heavy atom. The zero-order chi connectivity index (χ0) is 31.4. The predicted octanol–water partition coefficient (Wildman–Crippen LogP) is 3.23. The Balaban J connectivity index is 1.54. The second-order valence-electron chi connectivity index (χ2n) is 8.58. The summed E-state index contributed by atoms with van der Waals surface area (Å²) >= 11 is 0. The number of methoxy groups -OCH3 is 6. The van der Waals surface area contributed by atoms with Crippen molar-refractivity contribution in [2.24, 2.45) is 5.10 Å². The molecule has 3 aromatic carbocycles. The molecule has 2 N–H and O–H groups in total. The molecule has 43 heavy (non-hydrogen) atoms. The van der Waals surface area contributed by atoms with E-state index in [0.717, 1.165) is 0 Å². The summed E-state index contributed by atoms with van der Waals surface area (Å²) in [6.07, 6.45) is 1.37. The van der Waals surface area contributed by atoms with Crippen molar-refractivity contribution >= 4 is 24.0 Å². The van der Waals surface area contributed by atoms with Crippen LogP contribution in [0.2, 0.25) is 0 Å². The van der Waals surface area contributed by atoms with E-state index in [4.69, 9.17) is 33.2 Å². The van der Waals surface area contributed by atoms with E-state index in [2.05, 4.69) is 15.8 Å². The average molecular weight is 596 g/mol. The van der Waals surface area contributed by atoms with Gasteiger partial charge in [-0.05, 0) is 54.1 Å². The van der Waals surface area contributed by atoms with E-state index in [-0.39, 0.29) is 35.6 Å². The molecule has 0 saturated carbocycles. The van der Waals surface area contributed by atoms with Gasteiger partial charge in [-0.25, -0.2) is 10.2 Å². The van der Waals surface area contributed by atoms with Crippen molar-refractivity contribution in [2.75, 3.05) is 49.2 Å². The van der Waals surface area contributed by atoms with Gasteiger partial charge in [-0.15, -0.1) is 0 Å². The first-order chi connectivity index (χ1) is 20.8. The van der Waals surface area contributed by atoms with E-state index >= 15 is 0 Å². The smallest absolute Gasteiger partial charge is 0.343 e. The zero-order valence-electron chi connectivity index (χ0n) is 24.6. The number of hydrazone groups is 1. The lowest BCUT2D eigenvalue weighted by Gasteiger charge is -2.14. The first-order valence-electron chi connectivity index (χ1n) is 12.8. The summed E-state index contributed by atoms with van der Waals surface area (Å²) in [7, 11) is 8.76. The predicted molar refractivity (Wildman–Crippen MR) is 156 cm³/mol. The van der Waals surface area contributed by atoms with Crippen LogP contribution in [-0.4, -0.2) is 73.2 Å². The molecule has 13 nitrogen and oxygen atoms in total. The number of nitrogens with one attached hydrogen (secondary N) is 2. The van der Waals surface area contributed by atoms with Crippen LogP contribution >= 0.6 is 0 Å². The van der Waals surface area contributed by atoms with E-state index in [1.54, 1.807) is 30.3 Å². The summed E-state index contributed by atoms with van der Waals surface area (Å²) in [6.45, 7) is 0.0603. The first-order valence-corrected chi connectivity index (χ1v) is 12.8. The maximum atomic E-state index is 12.7. The SMILES string of the molecule is COc1ccc(C(=O)Oc2ccc(C=NNC(=O)CCNC(=O)c3cc(OC)c(OC)c(OC)c3)cc2OC)cc1OC. The number of ether oxygens (including phenoxy) is 7. The van der Waals surface area contributed by atoms with Crippen LogP contribution in [0.5, 0.6) is 40.2 Å². The zero-order valence-corrected chi connectivity index (χ0v) is 24.6. The normalized spacial score (nSPS) is 10.5. The molecule has 0 saturated heterocycles. The van der Waals surface area contributed by atoms with E-state index in [1.165, 1.54) is 67.1 Å². The largest absolute Gasteiger partial charge is 0.493 e. The van der Waals surface area contributed by atoms with Crippen molar-refractivity contribution in [3.05, 3.63) is 65.2 Å². The highest BCUT2D eigenvalue weighted by molar-refractivity contribution is 5.96. The third-order valence-corrected chi connectivity index (χ3v) is 5.98. The molecule has 3 aromatic rings. The molecule has 0 heterocycles. The fourth-order valence-electron chi connectivity index (χ4n) is 3.81. The van der Waals surface area contributed by atoms with Crippen LogP contribution in [0.1, 0.15) is 32.7 Å². The fourth-order valence-corrected chi connectivity index (χ4v) is 3.81. The minimum atomic E-state index is -0.620. The van der Waals surface area contributed by atoms with Gasteiger partial charge in [-0.1, -0.05) is 0 Å². The molecule has 0 aliphatic rings. The van der Waals surface area contributed by atoms with Crippen LogP contribution in [0.15, 0.2) is 53.6 Å². The summed E-state index contributed by atoms with van der Waals surface area (Å²) in [5.41, 5.74) is 3.50. The van der Waals surface area contributed by atoms with Crippen LogP contribution in [0.4, 0.5) is 0 Å². The van der Waals surface area contributed by atoms with Crippen LogP contribution in [0.25, 0.3) is 0 Å². The average Bonchev–Trinajstić information content (AvgIpc) is 3.03. The summed E-state index contributed by atoms with van der Waals surface area (Å²) in [5, 5.41) is 6.60. The lowest BCUT2D eigenvalue weighted by Crippen LogP contribution is -2.29. The molecule has 0 aromatic heterocycles. The van der Waals surface area contributed by atoms with Gasteiger partial charge in [0.1, 0.15) is 0 Å². The van der Waals surface area contributed by atoms with Gasteiger partial charge in [0.2, 0.25) is 11.7 Å². The molecule has 3 rings (SSSR count). The molecule has 2 amide bonds. The first kappa shape index (κ1) is 32.1. The van der Waals surface area contributed by atoms with Gasteiger partial charge in [-0.2, -0.15) is 5.10 Å². The van der Waals surface area contributed by atoms with Gasteiger partial charge >= 0.3 is 5.97 Å². The number of carbonyl (C=O) groups is 3. The fraction of sp³-hybridized carbons (Fsp3) is 0.267. The number of nitrogens with zero attached hydrogens (tertiary/aromatic N) is 1. The van der Waals surface area contributed by atoms with Crippen molar-refractivity contribution in [3.63, 3.8) is 0 Å². The topological polar surface area (TPSA) is 152 Å². The standard InChI is InChI=1S/C30H33N3O10/c1-37-21-10-8-19(14-24(21)39-3)30(36)43-22-9-7-18(13-23(22)38-2)17-32-33-27(34)11-12-31-29(35)20-15-25(40-4)28(42-6)26(16-20)41-5/h7-10,13-17H,11-12H2,1-6H3,(H,31,35)(H,33,34). The van der Waals surface area contributed by atoms with Crippen molar-refractivity contribution in [2.45, 2.75) is 6.42 Å². The Bertz CT molecular complexity index is 1460. The molecule has 0 atom stereocenters. The number of hydrogen-bond acceptors (Lipinski definition) is 11. The summed E-state index contributed by atoms with van der Waals surface area (Å²) in [6, 6.07) is 12.4. The Morgan fingerprint density at radius 3 is 1.86 bits per heavy atom. The number of amides is 2. The highest BCUT2D eigenvalue weighted by Gasteiger charge is 2.18. The minimum absolute atomic E-state index is 0.0259. The maximum Gasteiger partial charge on any atom is 0.343 e. The van der Waals surface area contributed by atoms with Gasteiger partial charge in [0.25, 0.3) is 5.91 Å². The second-order valence-corrected chi connectivity index (χ2v) is 8.58. The highest BCUT2D eigenvalue weighted by atomic mass is 16.6. The Kier molecular flexibility index (Phi) is 11.6. The third kappa shape index (κ3) is 8.28. The van der Waals surface area contributed by atoms with Crippen molar-refractivity contribution < 1.29 is 47.5 Å². The number of benzene rings is 3. The molecule has 0 unspecified atom stereocenters. The molecule has 13 heteroatoms. The van der Waals surface area contributed by atoms with Gasteiger partial charge in [0.05, 0.1) is 54.4 Å². The summed E-state index contributed by atoms with van der Waals surface area (Å²) in [4.78, 5) is 37.5. The molecule has 0 radical (unpaired) electrons. The van der Waals surface area contributed by atoms with Crippen molar-refractivity contribution in [3.8, 4) is 40.2 Å². The van der Waals surface area contributed by atoms with Gasteiger partial charge in [-0.3, -0.25) is 9.59 Å². The maximum absolute atomic E-state index is 12.7. The second kappa shape index (κ2) is 15.5. The number of hydrogen-bond donors (Lipinski definition) is 2. The third-order valence-electron chi connectivity index (χ3n) is 5.98. The van der Waals surface area contributed by atoms with E-state index < -0.39 is 17.8 Å². The van der Waals surface area contributed by atoms with Crippen LogP contribution < -0.4 is 43.9 Å². The van der Waals surface area contributed by atoms with Crippen molar-refractivity contribution in [1.29, 1.82) is 0 Å². The Labute approximate surface area is 248 Å². The molecular weight excluding hydrogens is 562 g/mol.